The average molecular weight is 832 g/mol. The van der Waals surface area contributed by atoms with Crippen LogP contribution >= 0.6 is 0 Å². The largest absolute Gasteiger partial charge is 0.309 e. The van der Waals surface area contributed by atoms with E-state index in [4.69, 9.17) is 0 Å². The molecule has 0 spiro atoms. The van der Waals surface area contributed by atoms with Crippen molar-refractivity contribution in [1.82, 2.24) is 13.7 Å². The lowest BCUT2D eigenvalue weighted by Crippen LogP contribution is -2.74. The Morgan fingerprint density at radius 2 is 0.562 bits per heavy atom. The van der Waals surface area contributed by atoms with Crippen LogP contribution in [0, 0.1) is 0 Å². The van der Waals surface area contributed by atoms with Gasteiger partial charge in [-0.3, -0.25) is 0 Å². The SMILES string of the molecule is c1ccc(-n2c3ccccc3c3ccc(-n4c5ccc(-n6c7ccccc7c7ccccc76)cc5c5ccc([Si](c6ccccc6)(c6ccccc6)c6ccccc6)cc54)cc32)cc1. The molecule has 0 bridgehead atoms. The highest BCUT2D eigenvalue weighted by Crippen LogP contribution is 2.39. The molecule has 0 radical (unpaired) electrons. The molecule has 13 rings (SSSR count). The van der Waals surface area contributed by atoms with Crippen molar-refractivity contribution in [1.29, 1.82) is 0 Å². The van der Waals surface area contributed by atoms with Gasteiger partial charge in [0.15, 0.2) is 8.07 Å². The number of hydrogen-bond acceptors (Lipinski definition) is 0. The van der Waals surface area contributed by atoms with E-state index in [1.165, 1.54) is 86.2 Å². The molecule has 3 nitrogen and oxygen atoms in total. The van der Waals surface area contributed by atoms with Gasteiger partial charge in [-0.25, -0.2) is 0 Å². The number of para-hydroxylation sites is 4. The van der Waals surface area contributed by atoms with Gasteiger partial charge in [0.05, 0.1) is 33.1 Å². The molecule has 4 heteroatoms. The minimum atomic E-state index is -2.85. The first-order chi connectivity index (χ1) is 31.8. The normalized spacial score (nSPS) is 12.1. The Labute approximate surface area is 372 Å². The first-order valence-electron chi connectivity index (χ1n) is 22.1. The second-order valence-electron chi connectivity index (χ2n) is 16.9. The zero-order valence-electron chi connectivity index (χ0n) is 35.0. The lowest BCUT2D eigenvalue weighted by molar-refractivity contribution is 1.15. The Balaban J connectivity index is 1.15. The maximum atomic E-state index is 2.53. The minimum Gasteiger partial charge on any atom is -0.309 e. The molecule has 0 unspecified atom stereocenters. The highest BCUT2D eigenvalue weighted by molar-refractivity contribution is 7.20. The lowest BCUT2D eigenvalue weighted by atomic mass is 10.1. The van der Waals surface area contributed by atoms with Crippen LogP contribution in [0.4, 0.5) is 0 Å². The fourth-order valence-electron chi connectivity index (χ4n) is 10.9. The van der Waals surface area contributed by atoms with E-state index >= 15 is 0 Å². The summed E-state index contributed by atoms with van der Waals surface area (Å²) in [6.45, 7) is 0. The molecule has 0 saturated heterocycles. The second kappa shape index (κ2) is 14.5. The molecule has 0 amide bonds. The fourth-order valence-corrected chi connectivity index (χ4v) is 15.6. The van der Waals surface area contributed by atoms with E-state index in [2.05, 4.69) is 262 Å². The smallest absolute Gasteiger partial charge is 0.179 e. The van der Waals surface area contributed by atoms with Crippen LogP contribution in [0.2, 0.25) is 0 Å². The van der Waals surface area contributed by atoms with Crippen molar-refractivity contribution in [2.45, 2.75) is 0 Å². The van der Waals surface area contributed by atoms with E-state index in [9.17, 15) is 0 Å². The van der Waals surface area contributed by atoms with E-state index in [0.717, 1.165) is 17.1 Å². The Bertz CT molecular complexity index is 3730. The first kappa shape index (κ1) is 36.5. The topological polar surface area (TPSA) is 14.8 Å². The molecule has 300 valence electrons. The van der Waals surface area contributed by atoms with Crippen molar-refractivity contribution in [3.8, 4) is 17.1 Å². The Morgan fingerprint density at radius 3 is 1.11 bits per heavy atom. The van der Waals surface area contributed by atoms with Crippen LogP contribution in [0.1, 0.15) is 0 Å². The summed E-state index contributed by atoms with van der Waals surface area (Å²) in [7, 11) is -2.85. The number of benzene rings is 10. The maximum absolute atomic E-state index is 2.85. The molecule has 0 fully saturated rings. The molecule has 0 atom stereocenters. The molecule has 0 aliphatic carbocycles. The molecule has 0 aliphatic heterocycles. The van der Waals surface area contributed by atoms with Gasteiger partial charge in [0.25, 0.3) is 0 Å². The van der Waals surface area contributed by atoms with Crippen LogP contribution in [0.15, 0.2) is 249 Å². The maximum Gasteiger partial charge on any atom is 0.179 e. The number of nitrogens with zero attached hydrogens (tertiary/aromatic N) is 3. The van der Waals surface area contributed by atoms with Crippen LogP contribution in [0.3, 0.4) is 0 Å². The summed E-state index contributed by atoms with van der Waals surface area (Å²) in [5.74, 6) is 0. The molecule has 0 aliphatic rings. The van der Waals surface area contributed by atoms with Crippen LogP contribution in [0.25, 0.3) is 82.5 Å². The highest BCUT2D eigenvalue weighted by atomic mass is 28.3. The zero-order chi connectivity index (χ0) is 42.2. The third-order valence-corrected chi connectivity index (χ3v) is 18.3. The van der Waals surface area contributed by atoms with Gasteiger partial charge in [0.1, 0.15) is 0 Å². The molecular weight excluding hydrogens is 791 g/mol. The van der Waals surface area contributed by atoms with E-state index in [1.807, 2.05) is 0 Å². The van der Waals surface area contributed by atoms with E-state index in [0.29, 0.717) is 0 Å². The van der Waals surface area contributed by atoms with E-state index in [-0.39, 0.29) is 0 Å². The van der Waals surface area contributed by atoms with Crippen molar-refractivity contribution >= 4 is 94.2 Å². The molecule has 3 heterocycles. The van der Waals surface area contributed by atoms with Gasteiger partial charge in [-0.1, -0.05) is 182 Å². The molecule has 10 aromatic carbocycles. The number of aromatic nitrogens is 3. The van der Waals surface area contributed by atoms with Crippen molar-refractivity contribution in [3.05, 3.63) is 249 Å². The molecule has 0 saturated carbocycles. The third kappa shape index (κ3) is 5.33. The van der Waals surface area contributed by atoms with Crippen molar-refractivity contribution in [2.75, 3.05) is 0 Å². The van der Waals surface area contributed by atoms with Gasteiger partial charge in [0, 0.05) is 49.4 Å². The average Bonchev–Trinajstić information content (AvgIpc) is 4.00. The molecule has 0 N–H and O–H groups in total. The fraction of sp³-hybridized carbons (Fsp3) is 0. The first-order valence-corrected chi connectivity index (χ1v) is 24.1. The van der Waals surface area contributed by atoms with Crippen molar-refractivity contribution < 1.29 is 0 Å². The Morgan fingerprint density at radius 1 is 0.203 bits per heavy atom. The zero-order valence-corrected chi connectivity index (χ0v) is 36.0. The number of fused-ring (bicyclic) bond motifs is 9. The predicted octanol–water partition coefficient (Wildman–Crippen LogP) is 12.4. The Kier molecular flexibility index (Phi) is 8.23. The summed E-state index contributed by atoms with van der Waals surface area (Å²) in [5, 5.41) is 12.9. The third-order valence-electron chi connectivity index (χ3n) is 13.6. The minimum absolute atomic E-state index is 1.13. The summed E-state index contributed by atoms with van der Waals surface area (Å²) in [4.78, 5) is 0. The van der Waals surface area contributed by atoms with Crippen LogP contribution < -0.4 is 20.7 Å². The van der Waals surface area contributed by atoms with Crippen LogP contribution in [-0.4, -0.2) is 21.8 Å². The van der Waals surface area contributed by atoms with Gasteiger partial charge >= 0.3 is 0 Å². The van der Waals surface area contributed by atoms with Crippen molar-refractivity contribution in [2.24, 2.45) is 0 Å². The van der Waals surface area contributed by atoms with Gasteiger partial charge in [-0.05, 0) is 87.5 Å². The van der Waals surface area contributed by atoms with Crippen LogP contribution in [0.5, 0.6) is 0 Å². The van der Waals surface area contributed by atoms with Crippen LogP contribution in [-0.2, 0) is 0 Å². The molecule has 13 aromatic rings. The van der Waals surface area contributed by atoms with Gasteiger partial charge in [-0.2, -0.15) is 0 Å². The second-order valence-corrected chi connectivity index (χ2v) is 20.7. The van der Waals surface area contributed by atoms with E-state index in [1.54, 1.807) is 0 Å². The highest BCUT2D eigenvalue weighted by Gasteiger charge is 2.41. The molecule has 3 aromatic heterocycles. The molecular formula is C60H41N3Si. The standard InChI is InChI=1S/C60H41N3Si/c1-5-19-42(20-6-1)61-55-30-16-15-29-51(55)52-36-33-44(40-59(52)61)63-58-38-34-43(62-56-31-17-13-27-49(56)50-28-14-18-32-57(50)62)39-54(58)53-37-35-48(41-60(53)63)64(45-21-7-2-8-22-45,46-23-9-3-10-24-46)47-25-11-4-12-26-47/h1-41H. The predicted molar refractivity (Wildman–Crippen MR) is 273 cm³/mol. The summed E-state index contributed by atoms with van der Waals surface area (Å²) in [6.07, 6.45) is 0. The summed E-state index contributed by atoms with van der Waals surface area (Å²) < 4.78 is 7.38. The van der Waals surface area contributed by atoms with Gasteiger partial charge < -0.3 is 13.7 Å². The summed E-state index contributed by atoms with van der Waals surface area (Å²) in [6, 6.07) is 92.4. The van der Waals surface area contributed by atoms with Crippen molar-refractivity contribution in [3.63, 3.8) is 0 Å². The quantitative estimate of drug-likeness (QED) is 0.112. The summed E-state index contributed by atoms with van der Waals surface area (Å²) >= 11 is 0. The summed E-state index contributed by atoms with van der Waals surface area (Å²) in [5.41, 5.74) is 10.6. The Hall–Kier alpha value is -8.18. The van der Waals surface area contributed by atoms with Gasteiger partial charge in [-0.15, -0.1) is 0 Å². The number of rotatable bonds is 7. The number of hydrogen-bond donors (Lipinski definition) is 0. The van der Waals surface area contributed by atoms with Gasteiger partial charge in [0.2, 0.25) is 0 Å². The van der Waals surface area contributed by atoms with E-state index < -0.39 is 8.07 Å². The monoisotopic (exact) mass is 831 g/mol. The molecule has 64 heavy (non-hydrogen) atoms. The lowest BCUT2D eigenvalue weighted by Gasteiger charge is -2.34.